The molecule has 30 heavy (non-hydrogen) atoms. The highest BCUT2D eigenvalue weighted by atomic mass is 16.7. The van der Waals surface area contributed by atoms with Crippen molar-refractivity contribution in [1.82, 2.24) is 5.06 Å². The second kappa shape index (κ2) is 9.11. The molecule has 3 aromatic carbocycles. The number of carbonyl (C=O) groups is 1. The quantitative estimate of drug-likeness (QED) is 0.664. The highest BCUT2D eigenvalue weighted by Crippen LogP contribution is 2.28. The summed E-state index contributed by atoms with van der Waals surface area (Å²) in [6, 6.07) is 26.4. The fraction of sp³-hybridized carbons (Fsp3) is 0.240. The molecule has 1 N–H and O–H groups in total. The van der Waals surface area contributed by atoms with Crippen LogP contribution in [0.2, 0.25) is 0 Å². The van der Waals surface area contributed by atoms with E-state index in [2.05, 4.69) is 53.4 Å². The predicted molar refractivity (Wildman–Crippen MR) is 119 cm³/mol. The van der Waals surface area contributed by atoms with Gasteiger partial charge < -0.3 is 14.8 Å². The van der Waals surface area contributed by atoms with Crippen molar-refractivity contribution in [3.63, 3.8) is 0 Å². The normalized spacial score (nSPS) is 17.1. The number of hydrogen-bond acceptors (Lipinski definition) is 4. The smallest absolute Gasteiger partial charge is 0.335 e. The number of piperazine rings is 1. The van der Waals surface area contributed by atoms with Crippen LogP contribution in [0.5, 0.6) is 0 Å². The van der Waals surface area contributed by atoms with Gasteiger partial charge in [0.2, 0.25) is 0 Å². The Bertz CT molecular complexity index is 989. The van der Waals surface area contributed by atoms with Crippen molar-refractivity contribution in [2.45, 2.75) is 12.5 Å². The van der Waals surface area contributed by atoms with Gasteiger partial charge in [-0.05, 0) is 47.4 Å². The lowest BCUT2D eigenvalue weighted by Gasteiger charge is -2.42. The molecule has 0 radical (unpaired) electrons. The Balaban J connectivity index is 1.64. The van der Waals surface area contributed by atoms with Crippen molar-refractivity contribution in [2.75, 3.05) is 31.6 Å². The van der Waals surface area contributed by atoms with Crippen molar-refractivity contribution in [2.24, 2.45) is 0 Å². The third-order valence-corrected chi connectivity index (χ3v) is 5.71. The standard InChI is InChI=1S/C25H26N2O3/c1-30-26-15-16-27(22-13-11-20(12-14-22)25(28)29)23(18-26)17-21-9-5-6-10-24(21)19-7-3-2-4-8-19/h2-14,23H,15-18H2,1H3,(H,28,29). The van der Waals surface area contributed by atoms with Crippen LogP contribution in [-0.4, -0.2) is 48.9 Å². The molecule has 0 bridgehead atoms. The summed E-state index contributed by atoms with van der Waals surface area (Å²) in [6.45, 7) is 2.40. The molecule has 1 atom stereocenters. The Morgan fingerprint density at radius 3 is 2.37 bits per heavy atom. The van der Waals surface area contributed by atoms with E-state index in [1.165, 1.54) is 16.7 Å². The Kier molecular flexibility index (Phi) is 6.12. The van der Waals surface area contributed by atoms with E-state index in [1.54, 1.807) is 19.2 Å². The summed E-state index contributed by atoms with van der Waals surface area (Å²) in [5.74, 6) is -0.904. The van der Waals surface area contributed by atoms with Gasteiger partial charge in [0.05, 0.1) is 12.7 Å². The number of carboxylic acid groups (broad SMARTS) is 1. The molecule has 0 spiro atoms. The third-order valence-electron chi connectivity index (χ3n) is 5.71. The number of carboxylic acids is 1. The predicted octanol–water partition coefficient (Wildman–Crippen LogP) is 4.35. The van der Waals surface area contributed by atoms with Crippen LogP contribution in [0.4, 0.5) is 5.69 Å². The largest absolute Gasteiger partial charge is 0.478 e. The summed E-state index contributed by atoms with van der Waals surface area (Å²) in [5.41, 5.74) is 5.09. The van der Waals surface area contributed by atoms with E-state index in [0.29, 0.717) is 5.56 Å². The highest BCUT2D eigenvalue weighted by Gasteiger charge is 2.28. The zero-order chi connectivity index (χ0) is 20.9. The number of benzene rings is 3. The molecule has 0 amide bonds. The first-order chi connectivity index (χ1) is 14.7. The minimum atomic E-state index is -0.904. The average molecular weight is 402 g/mol. The molecule has 5 nitrogen and oxygen atoms in total. The van der Waals surface area contributed by atoms with Crippen LogP contribution in [0.15, 0.2) is 78.9 Å². The van der Waals surface area contributed by atoms with Gasteiger partial charge in [-0.25, -0.2) is 4.79 Å². The van der Waals surface area contributed by atoms with Gasteiger partial charge in [-0.2, -0.15) is 5.06 Å². The van der Waals surface area contributed by atoms with E-state index in [-0.39, 0.29) is 6.04 Å². The zero-order valence-corrected chi connectivity index (χ0v) is 17.1. The molecule has 154 valence electrons. The molecule has 1 fully saturated rings. The summed E-state index contributed by atoms with van der Waals surface area (Å²) in [6.07, 6.45) is 0.867. The molecule has 5 heteroatoms. The Labute approximate surface area is 177 Å². The van der Waals surface area contributed by atoms with Gasteiger partial charge in [0.15, 0.2) is 0 Å². The molecule has 0 saturated carbocycles. The van der Waals surface area contributed by atoms with Crippen molar-refractivity contribution in [3.05, 3.63) is 90.0 Å². The Morgan fingerprint density at radius 1 is 0.967 bits per heavy atom. The van der Waals surface area contributed by atoms with Gasteiger partial charge in [0.1, 0.15) is 0 Å². The van der Waals surface area contributed by atoms with Crippen molar-refractivity contribution in [3.8, 4) is 11.1 Å². The lowest BCUT2D eigenvalue weighted by atomic mass is 9.93. The number of hydroxylamine groups is 2. The summed E-state index contributed by atoms with van der Waals surface area (Å²) >= 11 is 0. The number of rotatable bonds is 6. The van der Waals surface area contributed by atoms with Gasteiger partial charge in [0.25, 0.3) is 0 Å². The van der Waals surface area contributed by atoms with E-state index in [0.717, 1.165) is 31.7 Å². The minimum Gasteiger partial charge on any atom is -0.478 e. The van der Waals surface area contributed by atoms with Crippen LogP contribution in [0.1, 0.15) is 15.9 Å². The van der Waals surface area contributed by atoms with Crippen LogP contribution < -0.4 is 4.90 Å². The summed E-state index contributed by atoms with van der Waals surface area (Å²) in [4.78, 5) is 19.1. The molecule has 0 aromatic heterocycles. The molecule has 1 aliphatic rings. The molecule has 3 aromatic rings. The number of hydrogen-bond donors (Lipinski definition) is 1. The van der Waals surface area contributed by atoms with Crippen LogP contribution in [0.25, 0.3) is 11.1 Å². The lowest BCUT2D eigenvalue weighted by molar-refractivity contribution is -0.140. The topological polar surface area (TPSA) is 53.0 Å². The molecule has 1 saturated heterocycles. The maximum Gasteiger partial charge on any atom is 0.335 e. The lowest BCUT2D eigenvalue weighted by Crippen LogP contribution is -2.53. The molecule has 0 aliphatic carbocycles. The maximum absolute atomic E-state index is 11.2. The van der Waals surface area contributed by atoms with Gasteiger partial charge in [-0.1, -0.05) is 54.6 Å². The van der Waals surface area contributed by atoms with E-state index in [9.17, 15) is 9.90 Å². The van der Waals surface area contributed by atoms with Gasteiger partial charge >= 0.3 is 5.97 Å². The second-order valence-corrected chi connectivity index (χ2v) is 7.50. The Morgan fingerprint density at radius 2 is 1.67 bits per heavy atom. The van der Waals surface area contributed by atoms with Gasteiger partial charge in [0, 0.05) is 31.4 Å². The molecular formula is C25H26N2O3. The fourth-order valence-corrected chi connectivity index (χ4v) is 4.15. The zero-order valence-electron chi connectivity index (χ0n) is 17.1. The van der Waals surface area contributed by atoms with E-state index < -0.39 is 5.97 Å². The van der Waals surface area contributed by atoms with E-state index in [4.69, 9.17) is 4.84 Å². The fourth-order valence-electron chi connectivity index (χ4n) is 4.15. The first kappa shape index (κ1) is 20.1. The summed E-state index contributed by atoms with van der Waals surface area (Å²) in [7, 11) is 1.71. The molecule has 1 aliphatic heterocycles. The van der Waals surface area contributed by atoms with Gasteiger partial charge in [-0.3, -0.25) is 0 Å². The van der Waals surface area contributed by atoms with Crippen LogP contribution in [0, 0.1) is 0 Å². The highest BCUT2D eigenvalue weighted by molar-refractivity contribution is 5.88. The monoisotopic (exact) mass is 402 g/mol. The minimum absolute atomic E-state index is 0.208. The second-order valence-electron chi connectivity index (χ2n) is 7.50. The first-order valence-electron chi connectivity index (χ1n) is 10.2. The maximum atomic E-state index is 11.2. The van der Waals surface area contributed by atoms with Crippen LogP contribution >= 0.6 is 0 Å². The van der Waals surface area contributed by atoms with E-state index in [1.807, 2.05) is 23.3 Å². The number of aromatic carboxylic acids is 1. The molecule has 1 heterocycles. The third kappa shape index (κ3) is 4.37. The van der Waals surface area contributed by atoms with Crippen LogP contribution in [0.3, 0.4) is 0 Å². The summed E-state index contributed by atoms with van der Waals surface area (Å²) in [5, 5.41) is 11.2. The van der Waals surface area contributed by atoms with Crippen LogP contribution in [-0.2, 0) is 11.3 Å². The molecular weight excluding hydrogens is 376 g/mol. The summed E-state index contributed by atoms with van der Waals surface area (Å²) < 4.78 is 0. The Hall–Kier alpha value is -3.15. The van der Waals surface area contributed by atoms with Crippen molar-refractivity contribution < 1.29 is 14.7 Å². The first-order valence-corrected chi connectivity index (χ1v) is 10.2. The van der Waals surface area contributed by atoms with Gasteiger partial charge in [-0.15, -0.1) is 0 Å². The molecule has 4 rings (SSSR count). The number of anilines is 1. The van der Waals surface area contributed by atoms with Crippen molar-refractivity contribution >= 4 is 11.7 Å². The number of nitrogens with zero attached hydrogens (tertiary/aromatic N) is 2. The SMILES string of the molecule is CON1CCN(c2ccc(C(=O)O)cc2)C(Cc2ccccc2-c2ccccc2)C1. The molecule has 1 unspecified atom stereocenters. The van der Waals surface area contributed by atoms with E-state index >= 15 is 0 Å². The average Bonchev–Trinajstić information content (AvgIpc) is 2.80. The van der Waals surface area contributed by atoms with Crippen molar-refractivity contribution in [1.29, 1.82) is 0 Å².